The third kappa shape index (κ3) is 34.8. The van der Waals surface area contributed by atoms with Crippen LogP contribution in [-0.2, 0) is 28.6 Å². The minimum atomic E-state index is -1.14. The number of carboxylic acid groups (broad SMARTS) is 1. The van der Waals surface area contributed by atoms with Gasteiger partial charge in [0.2, 0.25) is 0 Å². The summed E-state index contributed by atoms with van der Waals surface area (Å²) in [4.78, 5) is 36.6. The zero-order valence-corrected chi connectivity index (χ0v) is 34.7. The summed E-state index contributed by atoms with van der Waals surface area (Å²) in [6.07, 6.45) is 41.8. The third-order valence-corrected chi connectivity index (χ3v) is 9.23. The molecular weight excluding hydrogens is 666 g/mol. The van der Waals surface area contributed by atoms with Gasteiger partial charge in [-0.2, -0.15) is 0 Å². The molecule has 0 rings (SSSR count). The lowest BCUT2D eigenvalue weighted by Gasteiger charge is -2.34. The largest absolute Gasteiger partial charge is 0.544 e. The monoisotopic (exact) mass is 746 g/mol. The molecule has 0 aliphatic heterocycles. The van der Waals surface area contributed by atoms with Crippen molar-refractivity contribution in [1.29, 1.82) is 0 Å². The quantitative estimate of drug-likeness (QED) is 0.0270. The first-order chi connectivity index (χ1) is 25.6. The zero-order chi connectivity index (χ0) is 39.3. The van der Waals surface area contributed by atoms with E-state index in [-0.39, 0.29) is 43.1 Å². The molecule has 0 bridgehead atoms. The maximum absolute atomic E-state index is 12.7. The van der Waals surface area contributed by atoms with Crippen LogP contribution in [0.25, 0.3) is 0 Å². The van der Waals surface area contributed by atoms with E-state index in [0.29, 0.717) is 6.42 Å². The molecule has 0 radical (unpaired) electrons. The van der Waals surface area contributed by atoms with Crippen LogP contribution in [0.5, 0.6) is 0 Å². The van der Waals surface area contributed by atoms with E-state index in [4.69, 9.17) is 14.2 Å². The lowest BCUT2D eigenvalue weighted by atomic mass is 10.1. The Morgan fingerprint density at radius 1 is 0.604 bits per heavy atom. The first kappa shape index (κ1) is 50.3. The fraction of sp³-hybridized carbons (Fsp3) is 0.756. The normalized spacial score (nSPS) is 13.5. The van der Waals surface area contributed by atoms with E-state index >= 15 is 0 Å². The maximum Gasteiger partial charge on any atom is 0.309 e. The molecule has 0 aliphatic carbocycles. The molecule has 0 aromatic carbocycles. The first-order valence-electron chi connectivity index (χ1n) is 21.2. The number of carbonyl (C=O) groups excluding carboxylic acids is 3. The number of likely N-dealkylation sites (N-methyl/N-ethyl adjacent to an activating group) is 1. The number of esters is 2. The Bertz CT molecular complexity index is 1010. The average Bonchev–Trinajstić information content (AvgIpc) is 3.11. The molecule has 53 heavy (non-hydrogen) atoms. The fourth-order valence-electron chi connectivity index (χ4n) is 5.95. The summed E-state index contributed by atoms with van der Waals surface area (Å²) in [6, 6.07) is -0.737. The molecule has 0 spiro atoms. The van der Waals surface area contributed by atoms with Crippen LogP contribution in [0.4, 0.5) is 0 Å². The van der Waals surface area contributed by atoms with E-state index in [0.717, 1.165) is 38.5 Å². The smallest absolute Gasteiger partial charge is 0.309 e. The highest BCUT2D eigenvalue weighted by Crippen LogP contribution is 2.14. The molecule has 0 saturated heterocycles. The number of carboxylic acids is 1. The maximum atomic E-state index is 12.7. The lowest BCUT2D eigenvalue weighted by Crippen LogP contribution is -2.55. The van der Waals surface area contributed by atoms with Crippen molar-refractivity contribution in [3.8, 4) is 0 Å². The van der Waals surface area contributed by atoms with Gasteiger partial charge in [0.05, 0.1) is 46.7 Å². The molecule has 0 heterocycles. The Kier molecular flexibility index (Phi) is 34.4. The van der Waals surface area contributed by atoms with Gasteiger partial charge in [-0.3, -0.25) is 9.59 Å². The minimum absolute atomic E-state index is 0.0114. The number of rotatable bonds is 37. The van der Waals surface area contributed by atoms with Crippen LogP contribution in [-0.4, -0.2) is 75.5 Å². The second-order valence-corrected chi connectivity index (χ2v) is 15.2. The lowest BCUT2D eigenvalue weighted by molar-refractivity contribution is -0.889. The van der Waals surface area contributed by atoms with Gasteiger partial charge in [-0.05, 0) is 51.4 Å². The van der Waals surface area contributed by atoms with Crippen LogP contribution in [0.2, 0.25) is 0 Å². The summed E-state index contributed by atoms with van der Waals surface area (Å²) in [7, 11) is 5.37. The minimum Gasteiger partial charge on any atom is -0.544 e. The Labute approximate surface area is 325 Å². The molecule has 0 saturated carbocycles. The highest BCUT2D eigenvalue weighted by molar-refractivity contribution is 5.71. The number of hydrogen-bond donors (Lipinski definition) is 0. The molecule has 0 fully saturated rings. The van der Waals surface area contributed by atoms with Crippen LogP contribution >= 0.6 is 0 Å². The van der Waals surface area contributed by atoms with Crippen molar-refractivity contribution in [3.63, 3.8) is 0 Å². The Hall–Kier alpha value is -2.71. The Morgan fingerprint density at radius 3 is 1.64 bits per heavy atom. The predicted octanol–water partition coefficient (Wildman–Crippen LogP) is 9.91. The number of nitrogens with zero attached hydrogens (tertiary/aromatic N) is 1. The molecule has 2 unspecified atom stereocenters. The molecule has 306 valence electrons. The summed E-state index contributed by atoms with van der Waals surface area (Å²) in [5.41, 5.74) is 0. The van der Waals surface area contributed by atoms with Gasteiger partial charge in [0, 0.05) is 12.8 Å². The SMILES string of the molecule is CC/C=C/C/C=C/C/C=C/CC(=O)OCC(COCCC(C(=O)[O-])[N+](C)(C)C)OC(=O)CCCCCCCCC/C=C/CCCCCCCCCCC. The van der Waals surface area contributed by atoms with E-state index in [1.54, 1.807) is 27.2 Å². The first-order valence-corrected chi connectivity index (χ1v) is 21.2. The van der Waals surface area contributed by atoms with Crippen LogP contribution in [0.3, 0.4) is 0 Å². The van der Waals surface area contributed by atoms with Gasteiger partial charge in [0.1, 0.15) is 12.6 Å². The van der Waals surface area contributed by atoms with Crippen LogP contribution in [0.15, 0.2) is 48.6 Å². The number of hydrogen-bond acceptors (Lipinski definition) is 7. The molecule has 0 aromatic heterocycles. The number of ether oxygens (including phenoxy) is 3. The van der Waals surface area contributed by atoms with E-state index in [1.165, 1.54) is 96.3 Å². The zero-order valence-electron chi connectivity index (χ0n) is 34.7. The van der Waals surface area contributed by atoms with Crippen molar-refractivity contribution < 1.29 is 38.2 Å². The van der Waals surface area contributed by atoms with Crippen molar-refractivity contribution >= 4 is 17.9 Å². The van der Waals surface area contributed by atoms with Gasteiger partial charge in [-0.15, -0.1) is 0 Å². The number of unbranched alkanes of at least 4 members (excludes halogenated alkanes) is 16. The van der Waals surface area contributed by atoms with Gasteiger partial charge in [0.15, 0.2) is 6.10 Å². The topological polar surface area (TPSA) is 102 Å². The summed E-state index contributed by atoms with van der Waals surface area (Å²) >= 11 is 0. The van der Waals surface area contributed by atoms with Gasteiger partial charge >= 0.3 is 11.9 Å². The van der Waals surface area contributed by atoms with E-state index in [2.05, 4.69) is 50.3 Å². The molecule has 8 heteroatoms. The van der Waals surface area contributed by atoms with Gasteiger partial charge in [-0.25, -0.2) is 0 Å². The van der Waals surface area contributed by atoms with Crippen LogP contribution < -0.4 is 5.11 Å². The second kappa shape index (κ2) is 36.3. The molecule has 0 N–H and O–H groups in total. The highest BCUT2D eigenvalue weighted by Gasteiger charge is 2.25. The van der Waals surface area contributed by atoms with E-state index in [1.807, 2.05) is 6.08 Å². The van der Waals surface area contributed by atoms with Crippen LogP contribution in [0, 0.1) is 0 Å². The van der Waals surface area contributed by atoms with Crippen molar-refractivity contribution in [3.05, 3.63) is 48.6 Å². The van der Waals surface area contributed by atoms with Crippen molar-refractivity contribution in [1.82, 2.24) is 0 Å². The van der Waals surface area contributed by atoms with E-state index < -0.39 is 24.1 Å². The average molecular weight is 746 g/mol. The molecular formula is C45H79NO7. The predicted molar refractivity (Wildman–Crippen MR) is 217 cm³/mol. The molecule has 2 atom stereocenters. The van der Waals surface area contributed by atoms with Crippen molar-refractivity contribution in [2.75, 3.05) is 41.0 Å². The Balaban J connectivity index is 4.33. The van der Waals surface area contributed by atoms with Gasteiger partial charge in [0.25, 0.3) is 0 Å². The fourth-order valence-corrected chi connectivity index (χ4v) is 5.95. The Morgan fingerprint density at radius 2 is 1.11 bits per heavy atom. The summed E-state index contributed by atoms with van der Waals surface area (Å²) in [5, 5.41) is 11.6. The standard InChI is InChI=1S/C45H79NO7/c1-6-8-10-12-14-16-17-18-19-20-21-22-23-24-25-26-28-30-32-34-36-44(48)53-41(39-51-38-37-42(45(49)50)46(3,4)5)40-52-43(47)35-33-31-29-27-15-13-11-9-7-2/h9,11,15,21-22,27,31,33,41-42H,6-8,10,12-14,16-20,23-26,28-30,32,34-40H2,1-5H3/b11-9+,22-21+,27-15+,33-31+. The molecule has 0 amide bonds. The molecule has 0 aromatic rings. The van der Waals surface area contributed by atoms with Crippen LogP contribution in [0.1, 0.15) is 168 Å². The number of aliphatic carboxylic acids is 1. The van der Waals surface area contributed by atoms with Crippen molar-refractivity contribution in [2.24, 2.45) is 0 Å². The highest BCUT2D eigenvalue weighted by atomic mass is 16.6. The number of carbonyl (C=O) groups is 3. The van der Waals surface area contributed by atoms with Gasteiger partial charge < -0.3 is 28.6 Å². The summed E-state index contributed by atoms with van der Waals surface area (Å²) in [5.74, 6) is -1.89. The second-order valence-electron chi connectivity index (χ2n) is 15.2. The van der Waals surface area contributed by atoms with Crippen molar-refractivity contribution in [2.45, 2.75) is 180 Å². The summed E-state index contributed by atoms with van der Waals surface area (Å²) in [6.45, 7) is 4.42. The number of quaternary nitrogens is 1. The third-order valence-electron chi connectivity index (χ3n) is 9.23. The van der Waals surface area contributed by atoms with E-state index in [9.17, 15) is 19.5 Å². The summed E-state index contributed by atoms with van der Waals surface area (Å²) < 4.78 is 17.0. The molecule has 0 aliphatic rings. The van der Waals surface area contributed by atoms with Gasteiger partial charge in [-0.1, -0.05) is 146 Å². The number of allylic oxidation sites excluding steroid dienone is 7. The molecule has 8 nitrogen and oxygen atoms in total.